The number of aromatic amines is 1. The van der Waals surface area contributed by atoms with E-state index >= 15 is 0 Å². The zero-order valence-electron chi connectivity index (χ0n) is 5.91. The van der Waals surface area contributed by atoms with Gasteiger partial charge in [0.1, 0.15) is 0 Å². The average molecular weight is 189 g/mol. The molecule has 0 aliphatic rings. The first kappa shape index (κ1) is 8.73. The number of alkyl halides is 1. The minimum Gasteiger partial charge on any atom is -0.322 e. The van der Waals surface area contributed by atoms with Crippen LogP contribution in [0.2, 0.25) is 0 Å². The number of pyridine rings is 1. The Bertz CT molecular complexity index is 360. The first-order valence-corrected chi connectivity index (χ1v) is 3.60. The van der Waals surface area contributed by atoms with Crippen LogP contribution in [0.3, 0.4) is 0 Å². The lowest BCUT2D eigenvalue weighted by atomic mass is 10.3. The molecule has 0 aromatic carbocycles. The van der Waals surface area contributed by atoms with Crippen LogP contribution in [-0.4, -0.2) is 9.91 Å². The predicted octanol–water partition coefficient (Wildman–Crippen LogP) is 1.02. The number of nitro groups is 1. The maximum Gasteiger partial charge on any atom is 0.285 e. The third kappa shape index (κ3) is 1.62. The van der Waals surface area contributed by atoms with Crippen LogP contribution >= 0.6 is 11.6 Å². The van der Waals surface area contributed by atoms with Gasteiger partial charge in [-0.3, -0.25) is 14.9 Å². The molecule has 0 atom stereocenters. The van der Waals surface area contributed by atoms with E-state index in [0.29, 0.717) is 0 Å². The SMILES string of the molecule is O=c1[nH]cc([N+](=O)[O-])cc1CCl. The van der Waals surface area contributed by atoms with Crippen molar-refractivity contribution in [3.8, 4) is 0 Å². The molecule has 0 unspecified atom stereocenters. The van der Waals surface area contributed by atoms with Gasteiger partial charge in [0.05, 0.1) is 17.0 Å². The largest absolute Gasteiger partial charge is 0.322 e. The summed E-state index contributed by atoms with van der Waals surface area (Å²) >= 11 is 5.37. The molecule has 1 rings (SSSR count). The third-order valence-electron chi connectivity index (χ3n) is 1.32. The molecule has 0 radical (unpaired) electrons. The van der Waals surface area contributed by atoms with Gasteiger partial charge in [-0.05, 0) is 0 Å². The molecule has 1 N–H and O–H groups in total. The van der Waals surface area contributed by atoms with Gasteiger partial charge in [0.15, 0.2) is 0 Å². The fourth-order valence-electron chi connectivity index (χ4n) is 0.723. The smallest absolute Gasteiger partial charge is 0.285 e. The molecule has 0 saturated heterocycles. The molecule has 0 aliphatic heterocycles. The maximum atomic E-state index is 10.9. The summed E-state index contributed by atoms with van der Waals surface area (Å²) in [6.07, 6.45) is 1.04. The van der Waals surface area contributed by atoms with E-state index in [2.05, 4.69) is 4.98 Å². The molecular formula is C6H5ClN2O3. The van der Waals surface area contributed by atoms with Crippen LogP contribution in [0, 0.1) is 10.1 Å². The van der Waals surface area contributed by atoms with Crippen molar-refractivity contribution in [2.24, 2.45) is 0 Å². The van der Waals surface area contributed by atoms with Gasteiger partial charge < -0.3 is 4.98 Å². The Morgan fingerprint density at radius 3 is 2.83 bits per heavy atom. The summed E-state index contributed by atoms with van der Waals surface area (Å²) in [4.78, 5) is 22.7. The zero-order chi connectivity index (χ0) is 9.14. The van der Waals surface area contributed by atoms with Gasteiger partial charge in [-0.2, -0.15) is 0 Å². The highest BCUT2D eigenvalue weighted by molar-refractivity contribution is 6.17. The number of aromatic nitrogens is 1. The van der Waals surface area contributed by atoms with Gasteiger partial charge in [0, 0.05) is 11.6 Å². The molecule has 0 spiro atoms. The van der Waals surface area contributed by atoms with Gasteiger partial charge in [-0.15, -0.1) is 11.6 Å². The molecule has 0 bridgehead atoms. The summed E-state index contributed by atoms with van der Waals surface area (Å²) in [6.45, 7) is 0. The number of nitrogens with one attached hydrogen (secondary N) is 1. The van der Waals surface area contributed by atoms with Crippen molar-refractivity contribution >= 4 is 17.3 Å². The van der Waals surface area contributed by atoms with Gasteiger partial charge >= 0.3 is 0 Å². The van der Waals surface area contributed by atoms with E-state index < -0.39 is 10.5 Å². The highest BCUT2D eigenvalue weighted by atomic mass is 35.5. The number of nitrogens with zero attached hydrogens (tertiary/aromatic N) is 1. The quantitative estimate of drug-likeness (QED) is 0.428. The number of rotatable bonds is 2. The predicted molar refractivity (Wildman–Crippen MR) is 43.3 cm³/mol. The highest BCUT2D eigenvalue weighted by Crippen LogP contribution is 2.08. The fourth-order valence-corrected chi connectivity index (χ4v) is 0.921. The summed E-state index contributed by atoms with van der Waals surface area (Å²) in [5.41, 5.74) is -0.355. The molecule has 1 aromatic rings. The van der Waals surface area contributed by atoms with Crippen LogP contribution in [0.1, 0.15) is 5.56 Å². The van der Waals surface area contributed by atoms with Gasteiger partial charge in [0.2, 0.25) is 0 Å². The second-order valence-electron chi connectivity index (χ2n) is 2.10. The van der Waals surface area contributed by atoms with E-state index in [9.17, 15) is 14.9 Å². The van der Waals surface area contributed by atoms with Gasteiger partial charge in [-0.1, -0.05) is 0 Å². The van der Waals surface area contributed by atoms with E-state index in [1.165, 1.54) is 0 Å². The Morgan fingerprint density at radius 2 is 2.33 bits per heavy atom. The van der Waals surface area contributed by atoms with Crippen molar-refractivity contribution in [2.45, 2.75) is 5.88 Å². The summed E-state index contributed by atoms with van der Waals surface area (Å²) < 4.78 is 0. The number of halogens is 1. The molecule has 0 fully saturated rings. The lowest BCUT2D eigenvalue weighted by molar-refractivity contribution is -0.385. The van der Waals surface area contributed by atoms with Gasteiger partial charge in [-0.25, -0.2) is 0 Å². The van der Waals surface area contributed by atoms with E-state index in [-0.39, 0.29) is 17.1 Å². The summed E-state index contributed by atoms with van der Waals surface area (Å²) in [6, 6.07) is 1.16. The number of hydrogen-bond donors (Lipinski definition) is 1. The van der Waals surface area contributed by atoms with Crippen LogP contribution in [0.15, 0.2) is 17.1 Å². The van der Waals surface area contributed by atoms with Crippen LogP contribution in [0.4, 0.5) is 5.69 Å². The number of hydrogen-bond acceptors (Lipinski definition) is 3. The normalized spacial score (nSPS) is 9.75. The lowest BCUT2D eigenvalue weighted by Crippen LogP contribution is -2.10. The molecule has 0 aliphatic carbocycles. The summed E-state index contributed by atoms with van der Waals surface area (Å²) in [5, 5.41) is 10.2. The lowest BCUT2D eigenvalue weighted by Gasteiger charge is -1.93. The zero-order valence-corrected chi connectivity index (χ0v) is 6.67. The van der Waals surface area contributed by atoms with Crippen LogP contribution in [0.25, 0.3) is 0 Å². The molecule has 5 nitrogen and oxygen atoms in total. The van der Waals surface area contributed by atoms with Crippen molar-refractivity contribution < 1.29 is 4.92 Å². The van der Waals surface area contributed by atoms with Crippen molar-refractivity contribution in [1.82, 2.24) is 4.98 Å². The number of H-pyrrole nitrogens is 1. The highest BCUT2D eigenvalue weighted by Gasteiger charge is 2.07. The Kier molecular flexibility index (Phi) is 2.44. The first-order chi connectivity index (χ1) is 5.65. The Balaban J connectivity index is 3.23. The topological polar surface area (TPSA) is 76.0 Å². The second kappa shape index (κ2) is 3.36. The van der Waals surface area contributed by atoms with Crippen molar-refractivity contribution in [3.05, 3.63) is 38.3 Å². The van der Waals surface area contributed by atoms with Crippen molar-refractivity contribution in [3.63, 3.8) is 0 Å². The molecule has 64 valence electrons. The monoisotopic (exact) mass is 188 g/mol. The van der Waals surface area contributed by atoms with E-state index in [1.807, 2.05) is 0 Å². The third-order valence-corrected chi connectivity index (χ3v) is 1.61. The van der Waals surface area contributed by atoms with E-state index in [4.69, 9.17) is 11.6 Å². The Labute approximate surface area is 72.1 Å². The standard InChI is InChI=1S/C6H5ClN2O3/c7-2-4-1-5(9(11)12)3-8-6(4)10/h1,3H,2H2,(H,8,10). The van der Waals surface area contributed by atoms with Crippen molar-refractivity contribution in [1.29, 1.82) is 0 Å². The molecule has 6 heteroatoms. The van der Waals surface area contributed by atoms with Crippen LogP contribution in [0.5, 0.6) is 0 Å². The van der Waals surface area contributed by atoms with E-state index in [1.54, 1.807) is 0 Å². The molecule has 1 aromatic heterocycles. The van der Waals surface area contributed by atoms with Crippen LogP contribution in [-0.2, 0) is 5.88 Å². The molecule has 0 saturated carbocycles. The summed E-state index contributed by atoms with van der Waals surface area (Å²) in [5.74, 6) is -0.0307. The second-order valence-corrected chi connectivity index (χ2v) is 2.37. The first-order valence-electron chi connectivity index (χ1n) is 3.07. The average Bonchev–Trinajstić information content (AvgIpc) is 2.05. The van der Waals surface area contributed by atoms with Crippen LogP contribution < -0.4 is 5.56 Å². The molecule has 1 heterocycles. The molecular weight excluding hydrogens is 184 g/mol. The van der Waals surface area contributed by atoms with Gasteiger partial charge in [0.25, 0.3) is 11.2 Å². The Hall–Kier alpha value is -1.36. The van der Waals surface area contributed by atoms with Crippen molar-refractivity contribution in [2.75, 3.05) is 0 Å². The Morgan fingerprint density at radius 1 is 1.67 bits per heavy atom. The minimum absolute atomic E-state index is 0.0307. The summed E-state index contributed by atoms with van der Waals surface area (Å²) in [7, 11) is 0. The maximum absolute atomic E-state index is 10.9. The van der Waals surface area contributed by atoms with E-state index in [0.717, 1.165) is 12.3 Å². The fraction of sp³-hybridized carbons (Fsp3) is 0.167. The minimum atomic E-state index is -0.591. The molecule has 12 heavy (non-hydrogen) atoms. The molecule has 0 amide bonds.